The van der Waals surface area contributed by atoms with E-state index >= 15 is 0 Å². The van der Waals surface area contributed by atoms with Crippen LogP contribution in [0.5, 0.6) is 0 Å². The number of carbonyl (C=O) groups excluding carboxylic acids is 1. The summed E-state index contributed by atoms with van der Waals surface area (Å²) in [6, 6.07) is 0. The Morgan fingerprint density at radius 2 is 2.50 bits per heavy atom. The van der Waals surface area contributed by atoms with Crippen LogP contribution in [0.1, 0.15) is 0 Å². The molecule has 0 rings (SSSR count). The van der Waals surface area contributed by atoms with Gasteiger partial charge in [0.15, 0.2) is 0 Å². The van der Waals surface area contributed by atoms with Crippen molar-refractivity contribution in [2.45, 2.75) is 0 Å². The van der Waals surface area contributed by atoms with Gasteiger partial charge in [0.25, 0.3) is 0 Å². The minimum atomic E-state index is -0.155. The Balaban J connectivity index is 2.99. The van der Waals surface area contributed by atoms with E-state index in [2.05, 4.69) is 9.82 Å². The Morgan fingerprint density at radius 3 is 2.88 bits per heavy atom. The van der Waals surface area contributed by atoms with Crippen molar-refractivity contribution in [3.8, 4) is 0 Å². The molecule has 0 heterocycles. The van der Waals surface area contributed by atoms with Crippen molar-refractivity contribution in [1.82, 2.24) is 5.09 Å². The summed E-state index contributed by atoms with van der Waals surface area (Å²) in [4.78, 5) is 10.3. The highest BCUT2D eigenvalue weighted by Gasteiger charge is 1.94. The quantitative estimate of drug-likeness (QED) is 0.436. The second-order valence-electron chi connectivity index (χ2n) is 1.18. The lowest BCUT2D eigenvalue weighted by atomic mass is 10.8. The average Bonchev–Trinajstić information content (AvgIpc) is 1.83. The molecule has 1 atom stereocenters. The summed E-state index contributed by atoms with van der Waals surface area (Å²) in [6.45, 7) is 0. The fourth-order valence-electron chi connectivity index (χ4n) is 0.233. The van der Waals surface area contributed by atoms with Gasteiger partial charge >= 0.3 is 5.97 Å². The summed E-state index contributed by atoms with van der Waals surface area (Å²) in [5.41, 5.74) is 0. The third-order valence-electron chi connectivity index (χ3n) is 0.637. The van der Waals surface area contributed by atoms with E-state index in [0.717, 1.165) is 0 Å². The van der Waals surface area contributed by atoms with Gasteiger partial charge in [-0.05, 0) is 15.8 Å². The Morgan fingerprint density at radius 1 is 1.88 bits per heavy atom. The van der Waals surface area contributed by atoms with E-state index in [1.54, 1.807) is 7.05 Å². The zero-order chi connectivity index (χ0) is 6.41. The molecule has 48 valence electrons. The molecular weight excluding hydrogens is 125 g/mol. The number of hydrogen-bond donors (Lipinski definition) is 1. The number of esters is 1. The first-order chi connectivity index (χ1) is 3.81. The lowest BCUT2D eigenvalue weighted by molar-refractivity contribution is -0.137. The Labute approximate surface area is 50.6 Å². The van der Waals surface area contributed by atoms with Crippen molar-refractivity contribution >= 4 is 14.7 Å². The van der Waals surface area contributed by atoms with Crippen molar-refractivity contribution in [3.05, 3.63) is 0 Å². The molecule has 3 nitrogen and oxygen atoms in total. The summed E-state index contributed by atoms with van der Waals surface area (Å²) < 4.78 is 4.38. The zero-order valence-electron chi connectivity index (χ0n) is 5.02. The molecule has 0 aliphatic rings. The van der Waals surface area contributed by atoms with Crippen molar-refractivity contribution in [3.63, 3.8) is 0 Å². The lowest BCUT2D eigenvalue weighted by Crippen LogP contribution is -2.05. The van der Waals surface area contributed by atoms with Gasteiger partial charge in [-0.2, -0.15) is 0 Å². The smallest absolute Gasteiger partial charge is 0.310 e. The third-order valence-corrected chi connectivity index (χ3v) is 1.46. The summed E-state index contributed by atoms with van der Waals surface area (Å²) in [5.74, 6) is -0.155. The maximum atomic E-state index is 10.3. The molecule has 0 aromatic rings. The van der Waals surface area contributed by atoms with Crippen LogP contribution in [0.2, 0.25) is 0 Å². The van der Waals surface area contributed by atoms with Crippen molar-refractivity contribution in [2.24, 2.45) is 0 Å². The average molecular weight is 135 g/mol. The first kappa shape index (κ1) is 7.86. The number of nitrogens with one attached hydrogen (secondary N) is 1. The monoisotopic (exact) mass is 135 g/mol. The van der Waals surface area contributed by atoms with Gasteiger partial charge in [-0.3, -0.25) is 4.79 Å². The lowest BCUT2D eigenvalue weighted by Gasteiger charge is -1.95. The number of rotatable bonds is 3. The molecule has 0 bridgehead atoms. The van der Waals surface area contributed by atoms with Gasteiger partial charge in [0.2, 0.25) is 0 Å². The second kappa shape index (κ2) is 5.01. The molecule has 0 spiro atoms. The van der Waals surface area contributed by atoms with Crippen LogP contribution in [0, 0.1) is 0 Å². The molecule has 0 aliphatic carbocycles. The molecule has 0 fully saturated rings. The zero-order valence-corrected chi connectivity index (χ0v) is 6.02. The van der Waals surface area contributed by atoms with Crippen LogP contribution in [0.3, 0.4) is 0 Å². The van der Waals surface area contributed by atoms with Gasteiger partial charge < -0.3 is 9.82 Å². The predicted molar refractivity (Wildman–Crippen MR) is 34.3 cm³/mol. The summed E-state index contributed by atoms with van der Waals surface area (Å²) in [7, 11) is 3.68. The Kier molecular flexibility index (Phi) is 4.92. The van der Waals surface area contributed by atoms with E-state index in [-0.39, 0.29) is 5.97 Å². The molecule has 4 heteroatoms. The Hall–Kier alpha value is -0.140. The van der Waals surface area contributed by atoms with Crippen LogP contribution in [-0.2, 0) is 9.53 Å². The molecule has 0 saturated carbocycles. The van der Waals surface area contributed by atoms with E-state index in [1.807, 2.05) is 0 Å². The van der Waals surface area contributed by atoms with Crippen molar-refractivity contribution < 1.29 is 9.53 Å². The molecule has 8 heavy (non-hydrogen) atoms. The van der Waals surface area contributed by atoms with Crippen LogP contribution >= 0.6 is 8.73 Å². The highest BCUT2D eigenvalue weighted by Crippen LogP contribution is 1.99. The van der Waals surface area contributed by atoms with Gasteiger partial charge in [0.05, 0.1) is 13.3 Å². The Bertz CT molecular complexity index is 76.4. The number of methoxy groups -OCH3 is 1. The largest absolute Gasteiger partial charge is 0.469 e. The number of hydrogen-bond acceptors (Lipinski definition) is 3. The topological polar surface area (TPSA) is 38.3 Å². The third kappa shape index (κ3) is 4.03. The van der Waals surface area contributed by atoms with Crippen LogP contribution in [0.15, 0.2) is 0 Å². The van der Waals surface area contributed by atoms with Crippen molar-refractivity contribution in [1.29, 1.82) is 0 Å². The van der Waals surface area contributed by atoms with Gasteiger partial charge in [0, 0.05) is 0 Å². The number of ether oxygens (including phenoxy) is 1. The SMILES string of the molecule is CNPCC(=O)OC. The maximum Gasteiger partial charge on any atom is 0.310 e. The first-order valence-electron chi connectivity index (χ1n) is 2.27. The maximum absolute atomic E-state index is 10.3. The van der Waals surface area contributed by atoms with E-state index in [4.69, 9.17) is 0 Å². The molecule has 0 aliphatic heterocycles. The van der Waals surface area contributed by atoms with Crippen LogP contribution in [-0.4, -0.2) is 26.3 Å². The highest BCUT2D eigenvalue weighted by atomic mass is 31.1. The first-order valence-corrected chi connectivity index (χ1v) is 3.48. The van der Waals surface area contributed by atoms with Gasteiger partial charge in [-0.1, -0.05) is 0 Å². The molecular formula is C4H10NO2P. The molecule has 1 N–H and O–H groups in total. The summed E-state index contributed by atoms with van der Waals surface area (Å²) in [6.07, 6.45) is 0.479. The minimum absolute atomic E-state index is 0.155. The van der Waals surface area contributed by atoms with E-state index < -0.39 is 0 Å². The molecule has 0 radical (unpaired) electrons. The molecule has 1 unspecified atom stereocenters. The minimum Gasteiger partial charge on any atom is -0.469 e. The molecule has 0 aromatic carbocycles. The van der Waals surface area contributed by atoms with E-state index in [0.29, 0.717) is 14.9 Å². The van der Waals surface area contributed by atoms with Crippen LogP contribution in [0.25, 0.3) is 0 Å². The van der Waals surface area contributed by atoms with Gasteiger partial charge in [-0.25, -0.2) is 0 Å². The summed E-state index contributed by atoms with van der Waals surface area (Å²) in [5, 5.41) is 2.86. The van der Waals surface area contributed by atoms with E-state index in [9.17, 15) is 4.79 Å². The fraction of sp³-hybridized carbons (Fsp3) is 0.750. The molecule has 0 saturated heterocycles. The van der Waals surface area contributed by atoms with Gasteiger partial charge in [-0.15, -0.1) is 0 Å². The highest BCUT2D eigenvalue weighted by molar-refractivity contribution is 7.36. The van der Waals surface area contributed by atoms with E-state index in [1.165, 1.54) is 7.11 Å². The molecule has 0 aromatic heterocycles. The summed E-state index contributed by atoms with van der Waals surface area (Å²) >= 11 is 0. The van der Waals surface area contributed by atoms with Crippen molar-refractivity contribution in [2.75, 3.05) is 20.3 Å². The fourth-order valence-corrected chi connectivity index (χ4v) is 0.698. The standard InChI is InChI=1S/C4H10NO2P/c1-5-8-3-4(6)7-2/h5,8H,3H2,1-2H3. The van der Waals surface area contributed by atoms with Crippen LogP contribution < -0.4 is 5.09 Å². The van der Waals surface area contributed by atoms with Gasteiger partial charge in [0.1, 0.15) is 0 Å². The predicted octanol–water partition coefficient (Wildman–Crippen LogP) is -0.0277. The normalized spacial score (nSPS) is 10.2. The van der Waals surface area contributed by atoms with Crippen LogP contribution in [0.4, 0.5) is 0 Å². The molecule has 0 amide bonds. The second-order valence-corrected chi connectivity index (χ2v) is 2.39. The number of carbonyl (C=O) groups is 1.